The van der Waals surface area contributed by atoms with Crippen LogP contribution in [0.2, 0.25) is 25.7 Å². The number of carbonyl (C=O) groups excluding carboxylic acids is 1. The van der Waals surface area contributed by atoms with E-state index >= 15 is 0 Å². The minimum absolute atomic E-state index is 0.0507. The molecule has 0 bridgehead atoms. The number of nitrogens with zero attached hydrogens (tertiary/aromatic N) is 4. The number of anilines is 1. The first kappa shape index (κ1) is 29.9. The first-order chi connectivity index (χ1) is 19.2. The van der Waals surface area contributed by atoms with Gasteiger partial charge in [-0.25, -0.2) is 23.5 Å². The lowest BCUT2D eigenvalue weighted by molar-refractivity contribution is -0.136. The predicted molar refractivity (Wildman–Crippen MR) is 142 cm³/mol. The van der Waals surface area contributed by atoms with E-state index < -0.39 is 54.4 Å². The number of aromatic nitrogens is 5. The molecule has 10 nitrogen and oxygen atoms in total. The summed E-state index contributed by atoms with van der Waals surface area (Å²) in [6.07, 6.45) is -2.81. The summed E-state index contributed by atoms with van der Waals surface area (Å²) in [5.74, 6) is -3.08. The number of fused-ring (bicyclic) bond motifs is 1. The van der Waals surface area contributed by atoms with Crippen molar-refractivity contribution in [2.45, 2.75) is 52.1 Å². The molecule has 0 unspecified atom stereocenters. The molecule has 4 aromatic rings. The van der Waals surface area contributed by atoms with Gasteiger partial charge >= 0.3 is 12.2 Å². The number of aromatic amines is 1. The fraction of sp³-hybridized carbons (Fsp3) is 0.360. The van der Waals surface area contributed by atoms with Crippen molar-refractivity contribution in [1.29, 1.82) is 0 Å². The number of benzene rings is 1. The first-order valence-corrected chi connectivity index (χ1v) is 16.1. The summed E-state index contributed by atoms with van der Waals surface area (Å²) in [7, 11) is -1.42. The van der Waals surface area contributed by atoms with Crippen molar-refractivity contribution in [3.8, 4) is 11.5 Å². The topological polar surface area (TPSA) is 119 Å². The summed E-state index contributed by atoms with van der Waals surface area (Å²) in [6, 6.07) is 2.65. The van der Waals surface area contributed by atoms with Gasteiger partial charge in [0, 0.05) is 44.9 Å². The lowest BCUT2D eigenvalue weighted by Crippen LogP contribution is -2.28. The molecule has 0 atom stereocenters. The molecule has 16 heteroatoms. The van der Waals surface area contributed by atoms with Crippen LogP contribution in [0.4, 0.5) is 32.4 Å². The average Bonchev–Trinajstić information content (AvgIpc) is 3.46. The minimum Gasteiger partial charge on any atom is -0.450 e. The van der Waals surface area contributed by atoms with Gasteiger partial charge in [-0.15, -0.1) is 0 Å². The van der Waals surface area contributed by atoms with Crippen LogP contribution in [0.15, 0.2) is 30.6 Å². The fourth-order valence-electron chi connectivity index (χ4n) is 3.77. The monoisotopic (exact) mass is 597 g/mol. The highest BCUT2D eigenvalue weighted by molar-refractivity contribution is 6.76. The second-order valence-electron chi connectivity index (χ2n) is 10.4. The number of urea groups is 1. The standard InChI is InChI=1S/C25H28F5N7O3Si/c1-14-33-20(36-35-14)11-32-24(38)34-15-9-17(26)22(18(27)10-15)40-19-5-6-31-23-21(19)16(25(28,29)30)12-37(23)13-39-7-8-41(2,3)4/h5-6,9-10,12H,7-8,11,13H2,1-4H3,(H2,32,34,38)(H,33,35,36). The van der Waals surface area contributed by atoms with Crippen molar-refractivity contribution in [1.82, 2.24) is 30.0 Å². The molecule has 41 heavy (non-hydrogen) atoms. The molecule has 4 rings (SSSR count). The molecule has 1 aromatic carbocycles. The number of ether oxygens (including phenoxy) is 2. The van der Waals surface area contributed by atoms with Crippen molar-refractivity contribution in [2.75, 3.05) is 11.9 Å². The van der Waals surface area contributed by atoms with E-state index in [0.29, 0.717) is 18.3 Å². The number of hydrogen-bond donors (Lipinski definition) is 3. The van der Waals surface area contributed by atoms with Gasteiger partial charge in [-0.1, -0.05) is 19.6 Å². The summed E-state index contributed by atoms with van der Waals surface area (Å²) in [4.78, 5) is 20.2. The minimum atomic E-state index is -4.81. The highest BCUT2D eigenvalue weighted by Crippen LogP contribution is 2.42. The van der Waals surface area contributed by atoms with Gasteiger partial charge in [-0.2, -0.15) is 18.3 Å². The number of hydrogen-bond acceptors (Lipinski definition) is 6. The third-order valence-corrected chi connectivity index (χ3v) is 7.47. The van der Waals surface area contributed by atoms with Gasteiger partial charge < -0.3 is 24.7 Å². The Bertz CT molecular complexity index is 1530. The van der Waals surface area contributed by atoms with Crippen LogP contribution in [0.1, 0.15) is 17.2 Å². The zero-order valence-electron chi connectivity index (χ0n) is 22.6. The van der Waals surface area contributed by atoms with Crippen LogP contribution in [0, 0.1) is 18.6 Å². The maximum absolute atomic E-state index is 14.9. The van der Waals surface area contributed by atoms with E-state index in [1.807, 2.05) is 0 Å². The summed E-state index contributed by atoms with van der Waals surface area (Å²) in [5, 5.41) is 10.7. The van der Waals surface area contributed by atoms with Gasteiger partial charge in [0.2, 0.25) is 0 Å². The van der Waals surface area contributed by atoms with E-state index in [1.54, 1.807) is 6.92 Å². The van der Waals surface area contributed by atoms with Crippen molar-refractivity contribution < 1.29 is 36.2 Å². The molecular formula is C25H28F5N7O3Si. The third kappa shape index (κ3) is 7.58. The normalized spacial score (nSPS) is 12.1. The molecule has 0 fully saturated rings. The van der Waals surface area contributed by atoms with Crippen LogP contribution in [-0.4, -0.2) is 45.4 Å². The van der Waals surface area contributed by atoms with E-state index in [0.717, 1.165) is 30.4 Å². The number of rotatable bonds is 10. The zero-order valence-corrected chi connectivity index (χ0v) is 23.6. The zero-order chi connectivity index (χ0) is 29.9. The number of H-pyrrole nitrogens is 1. The summed E-state index contributed by atoms with van der Waals surface area (Å²) in [6.45, 7) is 8.22. The molecular weight excluding hydrogens is 569 g/mol. The molecule has 3 heterocycles. The lowest BCUT2D eigenvalue weighted by atomic mass is 10.2. The molecule has 0 saturated carbocycles. The molecule has 2 amide bonds. The van der Waals surface area contributed by atoms with Crippen LogP contribution in [0.3, 0.4) is 0 Å². The van der Waals surface area contributed by atoms with Crippen LogP contribution >= 0.6 is 0 Å². The summed E-state index contributed by atoms with van der Waals surface area (Å²) in [5.41, 5.74) is -1.48. The second-order valence-corrected chi connectivity index (χ2v) is 16.0. The Labute approximate surface area is 232 Å². The Morgan fingerprint density at radius 2 is 1.88 bits per heavy atom. The molecule has 3 N–H and O–H groups in total. The van der Waals surface area contributed by atoms with Gasteiger partial charge in [-0.05, 0) is 19.0 Å². The SMILES string of the molecule is Cc1nc(CNC(=O)Nc2cc(F)c(Oc3ccnc4c3c(C(F)(F)F)cn4COCC[Si](C)(C)C)c(F)c2)n[nH]1. The largest absolute Gasteiger partial charge is 0.450 e. The summed E-state index contributed by atoms with van der Waals surface area (Å²) >= 11 is 0. The van der Waals surface area contributed by atoms with Crippen molar-refractivity contribution in [2.24, 2.45) is 0 Å². The van der Waals surface area contributed by atoms with Crippen molar-refractivity contribution >= 4 is 30.8 Å². The quantitative estimate of drug-likeness (QED) is 0.114. The highest BCUT2D eigenvalue weighted by Gasteiger charge is 2.37. The van der Waals surface area contributed by atoms with Gasteiger partial charge in [0.05, 0.1) is 17.5 Å². The molecule has 0 aliphatic carbocycles. The first-order valence-electron chi connectivity index (χ1n) is 12.4. The number of pyridine rings is 1. The molecule has 0 aliphatic rings. The molecule has 0 radical (unpaired) electrons. The average molecular weight is 598 g/mol. The Morgan fingerprint density at radius 1 is 1.17 bits per heavy atom. The van der Waals surface area contributed by atoms with Crippen LogP contribution in [0.5, 0.6) is 11.5 Å². The van der Waals surface area contributed by atoms with Crippen molar-refractivity contribution in [3.05, 3.63) is 59.4 Å². The Hall–Kier alpha value is -4.05. The van der Waals surface area contributed by atoms with Crippen molar-refractivity contribution in [3.63, 3.8) is 0 Å². The van der Waals surface area contributed by atoms with E-state index in [1.165, 1.54) is 10.8 Å². The van der Waals surface area contributed by atoms with E-state index in [9.17, 15) is 26.7 Å². The Balaban J connectivity index is 1.55. The third-order valence-electron chi connectivity index (χ3n) is 5.77. The van der Waals surface area contributed by atoms with Crippen LogP contribution in [0.25, 0.3) is 11.0 Å². The summed E-state index contributed by atoms with van der Waals surface area (Å²) < 4.78 is 83.9. The maximum Gasteiger partial charge on any atom is 0.418 e. The van der Waals surface area contributed by atoms with E-state index in [4.69, 9.17) is 9.47 Å². The number of nitrogens with one attached hydrogen (secondary N) is 3. The lowest BCUT2D eigenvalue weighted by Gasteiger charge is -2.15. The number of alkyl halides is 3. The number of amides is 2. The molecule has 220 valence electrons. The Kier molecular flexibility index (Phi) is 8.62. The van der Waals surface area contributed by atoms with Gasteiger partial charge in [0.1, 0.15) is 24.0 Å². The van der Waals surface area contributed by atoms with Crippen LogP contribution in [-0.2, 0) is 24.2 Å². The smallest absolute Gasteiger partial charge is 0.418 e. The number of halogens is 5. The second kappa shape index (κ2) is 11.8. The van der Waals surface area contributed by atoms with E-state index in [-0.39, 0.29) is 24.6 Å². The Morgan fingerprint density at radius 3 is 2.49 bits per heavy atom. The van der Waals surface area contributed by atoms with Gasteiger partial charge in [0.15, 0.2) is 23.2 Å². The van der Waals surface area contributed by atoms with Gasteiger partial charge in [0.25, 0.3) is 0 Å². The van der Waals surface area contributed by atoms with Crippen LogP contribution < -0.4 is 15.4 Å². The van der Waals surface area contributed by atoms with E-state index in [2.05, 4.69) is 50.4 Å². The maximum atomic E-state index is 14.9. The predicted octanol–water partition coefficient (Wildman–Crippen LogP) is 6.19. The molecule has 3 aromatic heterocycles. The fourth-order valence-corrected chi connectivity index (χ4v) is 4.52. The molecule has 0 aliphatic heterocycles. The number of carbonyl (C=O) groups is 1. The molecule has 0 saturated heterocycles. The highest BCUT2D eigenvalue weighted by atomic mass is 28.3. The van der Waals surface area contributed by atoms with Gasteiger partial charge in [-0.3, -0.25) is 5.10 Å². The number of aryl methyl sites for hydroxylation is 1. The molecule has 0 spiro atoms.